The molecule has 1 N–H and O–H groups in total. The first-order chi connectivity index (χ1) is 8.59. The van der Waals surface area contributed by atoms with E-state index in [2.05, 4.69) is 31.0 Å². The number of hydrogen-bond acceptors (Lipinski definition) is 3. The Morgan fingerprint density at radius 1 is 1.44 bits per heavy atom. The summed E-state index contributed by atoms with van der Waals surface area (Å²) in [4.78, 5) is 2.71. The van der Waals surface area contributed by atoms with E-state index in [9.17, 15) is 0 Å². The van der Waals surface area contributed by atoms with Crippen LogP contribution in [0.15, 0.2) is 0 Å². The van der Waals surface area contributed by atoms with Crippen LogP contribution in [0.3, 0.4) is 0 Å². The first-order valence-corrected chi connectivity index (χ1v) is 7.57. The number of rotatable bonds is 6. The van der Waals surface area contributed by atoms with Gasteiger partial charge >= 0.3 is 0 Å². The third-order valence-electron chi connectivity index (χ3n) is 4.74. The van der Waals surface area contributed by atoms with Crippen molar-refractivity contribution >= 4 is 0 Å². The van der Waals surface area contributed by atoms with Crippen LogP contribution >= 0.6 is 0 Å². The van der Waals surface area contributed by atoms with Crippen molar-refractivity contribution in [2.75, 3.05) is 33.4 Å². The van der Waals surface area contributed by atoms with Gasteiger partial charge in [-0.3, -0.25) is 4.90 Å². The Hall–Kier alpha value is -0.120. The van der Waals surface area contributed by atoms with E-state index >= 15 is 0 Å². The summed E-state index contributed by atoms with van der Waals surface area (Å²) in [6.45, 7) is 11.4. The lowest BCUT2D eigenvalue weighted by atomic mass is 9.90. The van der Waals surface area contributed by atoms with Gasteiger partial charge in [-0.05, 0) is 38.0 Å². The van der Waals surface area contributed by atoms with Crippen LogP contribution in [0, 0.1) is 11.8 Å². The minimum Gasteiger partial charge on any atom is -0.384 e. The van der Waals surface area contributed by atoms with E-state index in [0.29, 0.717) is 17.5 Å². The van der Waals surface area contributed by atoms with Crippen molar-refractivity contribution in [1.82, 2.24) is 10.2 Å². The summed E-state index contributed by atoms with van der Waals surface area (Å²) >= 11 is 0. The standard InChI is InChI=1S/C15H30N2O/c1-5-14-8-16-15(3,13-6-7-13)11-17(14)9-12(2)10-18-4/h12-14,16H,5-11H2,1-4H3. The molecule has 1 saturated carbocycles. The van der Waals surface area contributed by atoms with Crippen LogP contribution in [-0.2, 0) is 4.74 Å². The lowest BCUT2D eigenvalue weighted by Gasteiger charge is -2.47. The molecule has 18 heavy (non-hydrogen) atoms. The van der Waals surface area contributed by atoms with Crippen molar-refractivity contribution < 1.29 is 4.74 Å². The van der Waals surface area contributed by atoms with Crippen molar-refractivity contribution in [2.45, 2.75) is 51.6 Å². The van der Waals surface area contributed by atoms with E-state index in [1.807, 2.05) is 0 Å². The molecule has 106 valence electrons. The van der Waals surface area contributed by atoms with Crippen LogP contribution in [0.1, 0.15) is 40.0 Å². The molecular formula is C15H30N2O. The predicted molar refractivity (Wildman–Crippen MR) is 75.8 cm³/mol. The zero-order valence-corrected chi connectivity index (χ0v) is 12.5. The van der Waals surface area contributed by atoms with Gasteiger partial charge < -0.3 is 10.1 Å². The third kappa shape index (κ3) is 3.25. The van der Waals surface area contributed by atoms with Crippen LogP contribution in [0.5, 0.6) is 0 Å². The van der Waals surface area contributed by atoms with Gasteiger partial charge in [0.15, 0.2) is 0 Å². The fraction of sp³-hybridized carbons (Fsp3) is 1.00. The van der Waals surface area contributed by atoms with Gasteiger partial charge in [-0.2, -0.15) is 0 Å². The number of ether oxygens (including phenoxy) is 1. The largest absolute Gasteiger partial charge is 0.384 e. The first-order valence-electron chi connectivity index (χ1n) is 7.57. The molecule has 1 aliphatic carbocycles. The lowest BCUT2D eigenvalue weighted by molar-refractivity contribution is 0.0459. The van der Waals surface area contributed by atoms with Gasteiger partial charge in [-0.1, -0.05) is 13.8 Å². The molecular weight excluding hydrogens is 224 g/mol. The highest BCUT2D eigenvalue weighted by atomic mass is 16.5. The normalized spacial score (nSPS) is 35.7. The highest BCUT2D eigenvalue weighted by Gasteiger charge is 2.45. The molecule has 0 spiro atoms. The van der Waals surface area contributed by atoms with Crippen LogP contribution in [0.4, 0.5) is 0 Å². The van der Waals surface area contributed by atoms with Gasteiger partial charge in [0.05, 0.1) is 0 Å². The molecule has 0 radical (unpaired) electrons. The summed E-state index contributed by atoms with van der Waals surface area (Å²) < 4.78 is 5.28. The molecule has 1 saturated heterocycles. The molecule has 3 atom stereocenters. The average Bonchev–Trinajstić information content (AvgIpc) is 3.13. The quantitative estimate of drug-likeness (QED) is 0.786. The van der Waals surface area contributed by atoms with Crippen LogP contribution in [-0.4, -0.2) is 49.8 Å². The molecule has 2 rings (SSSR count). The number of nitrogens with one attached hydrogen (secondary N) is 1. The van der Waals surface area contributed by atoms with Crippen molar-refractivity contribution in [3.8, 4) is 0 Å². The van der Waals surface area contributed by atoms with Crippen LogP contribution in [0.2, 0.25) is 0 Å². The second-order valence-electron chi connectivity index (χ2n) is 6.62. The van der Waals surface area contributed by atoms with Gasteiger partial charge in [0, 0.05) is 44.9 Å². The van der Waals surface area contributed by atoms with Crippen LogP contribution in [0.25, 0.3) is 0 Å². The molecule has 3 nitrogen and oxygen atoms in total. The summed E-state index contributed by atoms with van der Waals surface area (Å²) in [6, 6.07) is 0.705. The Morgan fingerprint density at radius 2 is 2.17 bits per heavy atom. The number of piperazine rings is 1. The summed E-state index contributed by atoms with van der Waals surface area (Å²) in [5.74, 6) is 1.54. The first kappa shape index (κ1) is 14.3. The molecule has 3 unspecified atom stereocenters. The van der Waals surface area contributed by atoms with Crippen molar-refractivity contribution in [3.63, 3.8) is 0 Å². The molecule has 2 fully saturated rings. The van der Waals surface area contributed by atoms with E-state index in [1.54, 1.807) is 7.11 Å². The maximum atomic E-state index is 5.28. The van der Waals surface area contributed by atoms with E-state index in [4.69, 9.17) is 4.74 Å². The van der Waals surface area contributed by atoms with Gasteiger partial charge in [0.2, 0.25) is 0 Å². The van der Waals surface area contributed by atoms with Crippen molar-refractivity contribution in [1.29, 1.82) is 0 Å². The maximum Gasteiger partial charge on any atom is 0.0500 e. The van der Waals surface area contributed by atoms with Crippen molar-refractivity contribution in [3.05, 3.63) is 0 Å². The minimum absolute atomic E-state index is 0.360. The highest BCUT2D eigenvalue weighted by Crippen LogP contribution is 2.41. The SMILES string of the molecule is CCC1CNC(C)(C2CC2)CN1CC(C)COC. The Kier molecular flexibility index (Phi) is 4.68. The van der Waals surface area contributed by atoms with E-state index in [1.165, 1.54) is 32.4 Å². The third-order valence-corrected chi connectivity index (χ3v) is 4.74. The molecule has 1 aliphatic heterocycles. The molecule has 3 heteroatoms. The van der Waals surface area contributed by atoms with Crippen LogP contribution < -0.4 is 5.32 Å². The fourth-order valence-electron chi connectivity index (χ4n) is 3.43. The highest BCUT2D eigenvalue weighted by molar-refractivity contribution is 5.04. The molecule has 0 aromatic heterocycles. The molecule has 0 aromatic carbocycles. The predicted octanol–water partition coefficient (Wildman–Crippen LogP) is 2.12. The second-order valence-corrected chi connectivity index (χ2v) is 6.62. The van der Waals surface area contributed by atoms with Crippen molar-refractivity contribution in [2.24, 2.45) is 11.8 Å². The zero-order chi connectivity index (χ0) is 13.2. The zero-order valence-electron chi connectivity index (χ0n) is 12.5. The molecule has 1 heterocycles. The van der Waals surface area contributed by atoms with E-state index < -0.39 is 0 Å². The Morgan fingerprint density at radius 3 is 2.72 bits per heavy atom. The summed E-state index contributed by atoms with van der Waals surface area (Å²) in [6.07, 6.45) is 4.08. The topological polar surface area (TPSA) is 24.5 Å². The number of hydrogen-bond donors (Lipinski definition) is 1. The second kappa shape index (κ2) is 5.89. The summed E-state index contributed by atoms with van der Waals surface area (Å²) in [5, 5.41) is 3.82. The van der Waals surface area contributed by atoms with Gasteiger partial charge in [-0.25, -0.2) is 0 Å². The van der Waals surface area contributed by atoms with E-state index in [-0.39, 0.29) is 0 Å². The lowest BCUT2D eigenvalue weighted by Crippen LogP contribution is -2.64. The van der Waals surface area contributed by atoms with Gasteiger partial charge in [-0.15, -0.1) is 0 Å². The fourth-order valence-corrected chi connectivity index (χ4v) is 3.43. The Balaban J connectivity index is 1.94. The summed E-state index contributed by atoms with van der Waals surface area (Å²) in [7, 11) is 1.81. The molecule has 0 amide bonds. The molecule has 0 bridgehead atoms. The monoisotopic (exact) mass is 254 g/mol. The molecule has 2 aliphatic rings. The minimum atomic E-state index is 0.360. The van der Waals surface area contributed by atoms with Gasteiger partial charge in [0.25, 0.3) is 0 Å². The Labute approximate surface area is 112 Å². The summed E-state index contributed by atoms with van der Waals surface area (Å²) in [5.41, 5.74) is 0.360. The number of nitrogens with zero attached hydrogens (tertiary/aromatic N) is 1. The smallest absolute Gasteiger partial charge is 0.0500 e. The van der Waals surface area contributed by atoms with Gasteiger partial charge in [0.1, 0.15) is 0 Å². The number of methoxy groups -OCH3 is 1. The molecule has 0 aromatic rings. The maximum absolute atomic E-state index is 5.28. The average molecular weight is 254 g/mol. The Bertz CT molecular complexity index is 267. The van der Waals surface area contributed by atoms with E-state index in [0.717, 1.165) is 19.1 Å².